The summed E-state index contributed by atoms with van der Waals surface area (Å²) < 4.78 is 26.5. The average Bonchev–Trinajstić information content (AvgIpc) is 3.49. The highest BCUT2D eigenvalue weighted by molar-refractivity contribution is 6.32. The number of halogens is 2. The van der Waals surface area contributed by atoms with Gasteiger partial charge in [-0.2, -0.15) is 5.10 Å². The fourth-order valence-electron chi connectivity index (χ4n) is 4.52. The Bertz CT molecular complexity index is 1390. The SMILES string of the molecule is Cc1nn(-c2ccccc2)c(C)c1CN1CCN(C(=O)c2ccc(COc3ccc(F)cc3Cl)o2)CC1. The number of carbonyl (C=O) groups excluding carboxylic acids is 1. The van der Waals surface area contributed by atoms with Gasteiger partial charge in [-0.15, -0.1) is 0 Å². The lowest BCUT2D eigenvalue weighted by atomic mass is 10.1. The van der Waals surface area contributed by atoms with E-state index in [1.165, 1.54) is 23.8 Å². The van der Waals surface area contributed by atoms with Crippen molar-refractivity contribution >= 4 is 17.5 Å². The maximum absolute atomic E-state index is 13.2. The summed E-state index contributed by atoms with van der Waals surface area (Å²) in [6.45, 7) is 7.78. The number of piperazine rings is 1. The number of aromatic nitrogens is 2. The Kier molecular flexibility index (Phi) is 7.30. The minimum absolute atomic E-state index is 0.0851. The number of benzene rings is 2. The second-order valence-corrected chi connectivity index (χ2v) is 9.50. The summed E-state index contributed by atoms with van der Waals surface area (Å²) in [6, 6.07) is 17.4. The molecule has 0 atom stereocenters. The molecule has 0 spiro atoms. The van der Waals surface area contributed by atoms with Crippen molar-refractivity contribution in [2.45, 2.75) is 27.0 Å². The highest BCUT2D eigenvalue weighted by Gasteiger charge is 2.26. The van der Waals surface area contributed by atoms with Gasteiger partial charge in [0, 0.05) is 44.0 Å². The van der Waals surface area contributed by atoms with Gasteiger partial charge in [-0.3, -0.25) is 9.69 Å². The summed E-state index contributed by atoms with van der Waals surface area (Å²) in [5.41, 5.74) is 4.43. The predicted octanol–water partition coefficient (Wildman–Crippen LogP) is 5.41. The number of aryl methyl sites for hydroxylation is 1. The van der Waals surface area contributed by atoms with E-state index in [2.05, 4.69) is 24.0 Å². The Morgan fingerprint density at radius 3 is 2.54 bits per heavy atom. The van der Waals surface area contributed by atoms with Crippen LogP contribution in [0, 0.1) is 19.7 Å². The summed E-state index contributed by atoms with van der Waals surface area (Å²) >= 11 is 6.00. The number of furan rings is 1. The van der Waals surface area contributed by atoms with Crippen LogP contribution in [-0.2, 0) is 13.2 Å². The predicted molar refractivity (Wildman–Crippen MR) is 139 cm³/mol. The molecule has 4 aromatic rings. The van der Waals surface area contributed by atoms with Crippen molar-refractivity contribution in [1.29, 1.82) is 0 Å². The van der Waals surface area contributed by atoms with Crippen molar-refractivity contribution in [2.24, 2.45) is 0 Å². The van der Waals surface area contributed by atoms with Crippen molar-refractivity contribution in [3.05, 3.63) is 100.0 Å². The second kappa shape index (κ2) is 10.8. The minimum atomic E-state index is -0.434. The van der Waals surface area contributed by atoms with E-state index in [1.807, 2.05) is 34.7 Å². The monoisotopic (exact) mass is 522 g/mol. The molecule has 1 fully saturated rings. The normalized spacial score (nSPS) is 14.2. The number of para-hydroxylation sites is 1. The van der Waals surface area contributed by atoms with Gasteiger partial charge in [0.25, 0.3) is 5.91 Å². The van der Waals surface area contributed by atoms with Crippen molar-refractivity contribution in [2.75, 3.05) is 26.2 Å². The van der Waals surface area contributed by atoms with E-state index in [0.29, 0.717) is 24.6 Å². The third-order valence-corrected chi connectivity index (χ3v) is 6.91. The molecule has 5 rings (SSSR count). The summed E-state index contributed by atoms with van der Waals surface area (Å²) in [7, 11) is 0. The fourth-order valence-corrected chi connectivity index (χ4v) is 4.75. The molecule has 0 bridgehead atoms. The van der Waals surface area contributed by atoms with Crippen molar-refractivity contribution < 1.29 is 18.3 Å². The Morgan fingerprint density at radius 2 is 1.81 bits per heavy atom. The van der Waals surface area contributed by atoms with Gasteiger partial charge in [0.2, 0.25) is 0 Å². The number of amides is 1. The van der Waals surface area contributed by atoms with Crippen LogP contribution in [0.3, 0.4) is 0 Å². The highest BCUT2D eigenvalue weighted by Crippen LogP contribution is 2.26. The molecule has 9 heteroatoms. The van der Waals surface area contributed by atoms with E-state index in [9.17, 15) is 9.18 Å². The van der Waals surface area contributed by atoms with Crippen LogP contribution >= 0.6 is 11.6 Å². The lowest BCUT2D eigenvalue weighted by molar-refractivity contribution is 0.0593. The van der Waals surface area contributed by atoms with E-state index in [-0.39, 0.29) is 23.3 Å². The maximum Gasteiger partial charge on any atom is 0.289 e. The quantitative estimate of drug-likeness (QED) is 0.325. The number of hydrogen-bond donors (Lipinski definition) is 0. The largest absolute Gasteiger partial charge is 0.484 e. The lowest BCUT2D eigenvalue weighted by Crippen LogP contribution is -2.48. The van der Waals surface area contributed by atoms with Gasteiger partial charge in [0.1, 0.15) is 23.9 Å². The first-order valence-corrected chi connectivity index (χ1v) is 12.6. The Labute approximate surface area is 220 Å². The van der Waals surface area contributed by atoms with Crippen LogP contribution in [0.25, 0.3) is 5.69 Å². The molecular formula is C28H28ClFN4O3. The molecular weight excluding hydrogens is 495 g/mol. The number of ether oxygens (including phenoxy) is 1. The first-order chi connectivity index (χ1) is 17.9. The zero-order valence-corrected chi connectivity index (χ0v) is 21.5. The molecule has 192 valence electrons. The number of hydrogen-bond acceptors (Lipinski definition) is 5. The zero-order valence-electron chi connectivity index (χ0n) is 20.8. The van der Waals surface area contributed by atoms with Crippen molar-refractivity contribution in [3.63, 3.8) is 0 Å². The van der Waals surface area contributed by atoms with Crippen LogP contribution < -0.4 is 4.74 Å². The van der Waals surface area contributed by atoms with Crippen molar-refractivity contribution in [3.8, 4) is 11.4 Å². The Balaban J connectivity index is 1.16. The zero-order chi connectivity index (χ0) is 25.9. The van der Waals surface area contributed by atoms with Crippen LogP contribution in [0.1, 0.15) is 33.3 Å². The Hall–Kier alpha value is -3.62. The minimum Gasteiger partial charge on any atom is -0.484 e. The van der Waals surface area contributed by atoms with Gasteiger partial charge in [-0.1, -0.05) is 29.8 Å². The van der Waals surface area contributed by atoms with Crippen molar-refractivity contribution in [1.82, 2.24) is 19.6 Å². The van der Waals surface area contributed by atoms with Crippen LogP contribution in [0.2, 0.25) is 5.02 Å². The van der Waals surface area contributed by atoms with E-state index in [1.54, 1.807) is 12.1 Å². The van der Waals surface area contributed by atoms with E-state index in [0.717, 1.165) is 36.7 Å². The molecule has 0 saturated carbocycles. The molecule has 2 aromatic carbocycles. The van der Waals surface area contributed by atoms with Crippen LogP contribution in [0.15, 0.2) is 65.1 Å². The molecule has 7 nitrogen and oxygen atoms in total. The molecule has 0 unspecified atom stereocenters. The van der Waals surface area contributed by atoms with E-state index in [4.69, 9.17) is 25.9 Å². The van der Waals surface area contributed by atoms with Gasteiger partial charge < -0.3 is 14.1 Å². The summed E-state index contributed by atoms with van der Waals surface area (Å²) in [5, 5.41) is 4.93. The number of carbonyl (C=O) groups is 1. The Morgan fingerprint density at radius 1 is 1.05 bits per heavy atom. The van der Waals surface area contributed by atoms with Crippen LogP contribution in [0.5, 0.6) is 5.75 Å². The summed E-state index contributed by atoms with van der Waals surface area (Å²) in [6.07, 6.45) is 0. The molecule has 0 radical (unpaired) electrons. The molecule has 1 amide bonds. The van der Waals surface area contributed by atoms with Gasteiger partial charge in [0.15, 0.2) is 5.76 Å². The number of nitrogens with zero attached hydrogens (tertiary/aromatic N) is 4. The fraction of sp³-hybridized carbons (Fsp3) is 0.286. The molecule has 1 saturated heterocycles. The smallest absolute Gasteiger partial charge is 0.289 e. The second-order valence-electron chi connectivity index (χ2n) is 9.09. The molecule has 0 N–H and O–H groups in total. The lowest BCUT2D eigenvalue weighted by Gasteiger charge is -2.34. The van der Waals surface area contributed by atoms with E-state index >= 15 is 0 Å². The molecule has 1 aliphatic rings. The first kappa shape index (κ1) is 25.0. The van der Waals surface area contributed by atoms with Gasteiger partial charge >= 0.3 is 0 Å². The van der Waals surface area contributed by atoms with Gasteiger partial charge in [-0.05, 0) is 56.3 Å². The maximum atomic E-state index is 13.2. The van der Waals surface area contributed by atoms with Crippen LogP contribution in [0.4, 0.5) is 4.39 Å². The highest BCUT2D eigenvalue weighted by atomic mass is 35.5. The van der Waals surface area contributed by atoms with Crippen LogP contribution in [-0.4, -0.2) is 51.7 Å². The summed E-state index contributed by atoms with van der Waals surface area (Å²) in [5.74, 6) is 0.533. The van der Waals surface area contributed by atoms with Gasteiger partial charge in [-0.25, -0.2) is 9.07 Å². The molecule has 1 aliphatic heterocycles. The summed E-state index contributed by atoms with van der Waals surface area (Å²) in [4.78, 5) is 17.2. The third-order valence-electron chi connectivity index (χ3n) is 6.62. The van der Waals surface area contributed by atoms with Gasteiger partial charge in [0.05, 0.1) is 16.4 Å². The molecule has 3 heterocycles. The third kappa shape index (κ3) is 5.55. The number of rotatable bonds is 7. The molecule has 37 heavy (non-hydrogen) atoms. The van der Waals surface area contributed by atoms with E-state index < -0.39 is 5.82 Å². The average molecular weight is 523 g/mol. The molecule has 2 aromatic heterocycles. The topological polar surface area (TPSA) is 63.7 Å². The standard InChI is InChI=1S/C28H28ClFN4O3/c1-19-24(20(2)34(31-19)22-6-4-3-5-7-22)17-32-12-14-33(15-13-32)28(35)27-11-9-23(37-27)18-36-26-10-8-21(30)16-25(26)29/h3-11,16H,12-15,17-18H2,1-2H3. The first-order valence-electron chi connectivity index (χ1n) is 12.2. The molecule has 0 aliphatic carbocycles.